The van der Waals surface area contributed by atoms with Gasteiger partial charge in [-0.25, -0.2) is 0 Å². The highest BCUT2D eigenvalue weighted by molar-refractivity contribution is 5.19. The van der Waals surface area contributed by atoms with E-state index in [2.05, 4.69) is 0 Å². The third kappa shape index (κ3) is 1.54. The summed E-state index contributed by atoms with van der Waals surface area (Å²) in [5.74, 6) is -0.819. The SMILES string of the molecule is COC1(OC)CC(c2ccccc2)O1. The lowest BCUT2D eigenvalue weighted by Gasteiger charge is -2.44. The molecule has 0 amide bonds. The van der Waals surface area contributed by atoms with Crippen LogP contribution in [0.2, 0.25) is 0 Å². The molecule has 1 aromatic rings. The van der Waals surface area contributed by atoms with E-state index < -0.39 is 5.97 Å². The molecule has 1 aliphatic rings. The Kier molecular flexibility index (Phi) is 2.54. The second-order valence-electron chi connectivity index (χ2n) is 3.31. The third-order valence-corrected chi connectivity index (χ3v) is 2.55. The number of methoxy groups -OCH3 is 2. The molecule has 2 rings (SSSR count). The molecule has 1 aromatic carbocycles. The smallest absolute Gasteiger partial charge is 0.285 e. The number of ether oxygens (including phenoxy) is 3. The molecule has 1 atom stereocenters. The monoisotopic (exact) mass is 194 g/mol. The van der Waals surface area contributed by atoms with Crippen molar-refractivity contribution in [3.8, 4) is 0 Å². The van der Waals surface area contributed by atoms with E-state index in [0.717, 1.165) is 12.0 Å². The van der Waals surface area contributed by atoms with Gasteiger partial charge < -0.3 is 14.2 Å². The highest BCUT2D eigenvalue weighted by Crippen LogP contribution is 2.43. The van der Waals surface area contributed by atoms with E-state index in [1.165, 1.54) is 0 Å². The Morgan fingerprint density at radius 3 is 2.29 bits per heavy atom. The fourth-order valence-corrected chi connectivity index (χ4v) is 1.63. The number of rotatable bonds is 3. The molecule has 0 spiro atoms. The quantitative estimate of drug-likeness (QED) is 0.689. The summed E-state index contributed by atoms with van der Waals surface area (Å²) in [6, 6.07) is 10.1. The third-order valence-electron chi connectivity index (χ3n) is 2.55. The fraction of sp³-hybridized carbons (Fsp3) is 0.455. The van der Waals surface area contributed by atoms with Crippen molar-refractivity contribution in [2.24, 2.45) is 0 Å². The highest BCUT2D eigenvalue weighted by Gasteiger charge is 2.47. The summed E-state index contributed by atoms with van der Waals surface area (Å²) >= 11 is 0. The second kappa shape index (κ2) is 3.69. The normalized spacial score (nSPS) is 24.3. The van der Waals surface area contributed by atoms with Gasteiger partial charge in [0, 0.05) is 14.2 Å². The molecule has 14 heavy (non-hydrogen) atoms. The highest BCUT2D eigenvalue weighted by atomic mass is 16.9. The van der Waals surface area contributed by atoms with Crippen LogP contribution in [0.3, 0.4) is 0 Å². The molecule has 0 bridgehead atoms. The molecule has 0 N–H and O–H groups in total. The van der Waals surface area contributed by atoms with E-state index in [1.54, 1.807) is 14.2 Å². The molecule has 3 nitrogen and oxygen atoms in total. The summed E-state index contributed by atoms with van der Waals surface area (Å²) in [5.41, 5.74) is 1.16. The van der Waals surface area contributed by atoms with Gasteiger partial charge in [-0.05, 0) is 5.56 Å². The summed E-state index contributed by atoms with van der Waals surface area (Å²) in [6.07, 6.45) is 0.834. The van der Waals surface area contributed by atoms with Gasteiger partial charge in [-0.2, -0.15) is 0 Å². The summed E-state index contributed by atoms with van der Waals surface area (Å²) in [6.45, 7) is 0. The molecular formula is C11H14O3. The Labute approximate surface area is 83.6 Å². The zero-order valence-corrected chi connectivity index (χ0v) is 8.40. The molecule has 0 radical (unpaired) electrons. The van der Waals surface area contributed by atoms with Crippen LogP contribution in [-0.2, 0) is 14.2 Å². The minimum atomic E-state index is -0.819. The van der Waals surface area contributed by atoms with Crippen molar-refractivity contribution in [2.75, 3.05) is 14.2 Å². The molecule has 1 unspecified atom stereocenters. The molecule has 0 aromatic heterocycles. The van der Waals surface area contributed by atoms with Crippen molar-refractivity contribution in [3.63, 3.8) is 0 Å². The van der Waals surface area contributed by atoms with Gasteiger partial charge in [-0.15, -0.1) is 0 Å². The Morgan fingerprint density at radius 1 is 1.21 bits per heavy atom. The van der Waals surface area contributed by atoms with Gasteiger partial charge in [0.15, 0.2) is 0 Å². The average Bonchev–Trinajstić information content (AvgIpc) is 2.19. The van der Waals surface area contributed by atoms with Crippen LogP contribution >= 0.6 is 0 Å². The standard InChI is InChI=1S/C11H14O3/c1-12-11(13-2)8-10(14-11)9-6-4-3-5-7-9/h3-7,10H,8H2,1-2H3. The van der Waals surface area contributed by atoms with Crippen LogP contribution in [0.4, 0.5) is 0 Å². The Hall–Kier alpha value is -0.900. The maximum atomic E-state index is 5.57. The van der Waals surface area contributed by atoms with Crippen LogP contribution in [0.25, 0.3) is 0 Å². The average molecular weight is 194 g/mol. The van der Waals surface area contributed by atoms with Crippen molar-refractivity contribution in [1.82, 2.24) is 0 Å². The first kappa shape index (κ1) is 9.65. The predicted octanol–water partition coefficient (Wildman–Crippen LogP) is 2.09. The topological polar surface area (TPSA) is 27.7 Å². The maximum absolute atomic E-state index is 5.57. The van der Waals surface area contributed by atoms with Crippen LogP contribution in [0.1, 0.15) is 18.1 Å². The molecule has 1 saturated heterocycles. The van der Waals surface area contributed by atoms with Crippen LogP contribution in [-0.4, -0.2) is 20.2 Å². The van der Waals surface area contributed by atoms with E-state index >= 15 is 0 Å². The lowest BCUT2D eigenvalue weighted by Crippen LogP contribution is -2.48. The summed E-state index contributed by atoms with van der Waals surface area (Å²) in [5, 5.41) is 0. The summed E-state index contributed by atoms with van der Waals surface area (Å²) in [4.78, 5) is 0. The van der Waals surface area contributed by atoms with Crippen LogP contribution in [0, 0.1) is 0 Å². The zero-order valence-electron chi connectivity index (χ0n) is 8.40. The Morgan fingerprint density at radius 2 is 1.79 bits per heavy atom. The van der Waals surface area contributed by atoms with Crippen LogP contribution in [0.5, 0.6) is 0 Å². The number of hydrogen-bond acceptors (Lipinski definition) is 3. The van der Waals surface area contributed by atoms with Gasteiger partial charge in [0.25, 0.3) is 5.97 Å². The van der Waals surface area contributed by atoms with E-state index in [9.17, 15) is 0 Å². The van der Waals surface area contributed by atoms with Crippen LogP contribution < -0.4 is 0 Å². The van der Waals surface area contributed by atoms with Crippen molar-refractivity contribution in [3.05, 3.63) is 35.9 Å². The minimum Gasteiger partial charge on any atom is -0.331 e. The van der Waals surface area contributed by atoms with Gasteiger partial charge in [-0.3, -0.25) is 0 Å². The molecule has 3 heteroatoms. The summed E-state index contributed by atoms with van der Waals surface area (Å²) in [7, 11) is 3.18. The number of benzene rings is 1. The van der Waals surface area contributed by atoms with Gasteiger partial charge in [0.05, 0.1) is 12.5 Å². The molecule has 76 valence electrons. The van der Waals surface area contributed by atoms with Gasteiger partial charge in [0.1, 0.15) is 0 Å². The van der Waals surface area contributed by atoms with Gasteiger partial charge in [-0.1, -0.05) is 30.3 Å². The first-order chi connectivity index (χ1) is 6.79. The van der Waals surface area contributed by atoms with Crippen molar-refractivity contribution in [2.45, 2.75) is 18.5 Å². The van der Waals surface area contributed by atoms with E-state index in [4.69, 9.17) is 14.2 Å². The largest absolute Gasteiger partial charge is 0.331 e. The fourth-order valence-electron chi connectivity index (χ4n) is 1.63. The number of hydrogen-bond donors (Lipinski definition) is 0. The Bertz CT molecular complexity index is 285. The van der Waals surface area contributed by atoms with Gasteiger partial charge >= 0.3 is 0 Å². The lowest BCUT2D eigenvalue weighted by atomic mass is 10.0. The molecular weight excluding hydrogens is 180 g/mol. The second-order valence-corrected chi connectivity index (χ2v) is 3.31. The lowest BCUT2D eigenvalue weighted by molar-refractivity contribution is -0.449. The minimum absolute atomic E-state index is 0.0936. The molecule has 1 aliphatic heterocycles. The zero-order chi connectivity index (χ0) is 10.0. The van der Waals surface area contributed by atoms with Crippen molar-refractivity contribution < 1.29 is 14.2 Å². The first-order valence-electron chi connectivity index (χ1n) is 4.63. The van der Waals surface area contributed by atoms with E-state index in [1.807, 2.05) is 30.3 Å². The summed E-state index contributed by atoms with van der Waals surface area (Å²) < 4.78 is 15.8. The van der Waals surface area contributed by atoms with E-state index in [0.29, 0.717) is 0 Å². The predicted molar refractivity (Wildman–Crippen MR) is 51.6 cm³/mol. The molecule has 1 heterocycles. The van der Waals surface area contributed by atoms with Crippen LogP contribution in [0.15, 0.2) is 30.3 Å². The molecule has 0 saturated carbocycles. The van der Waals surface area contributed by atoms with E-state index in [-0.39, 0.29) is 6.10 Å². The Balaban J connectivity index is 2.01. The maximum Gasteiger partial charge on any atom is 0.285 e. The molecule has 1 fully saturated rings. The van der Waals surface area contributed by atoms with Gasteiger partial charge in [0.2, 0.25) is 0 Å². The molecule has 0 aliphatic carbocycles. The van der Waals surface area contributed by atoms with Crippen molar-refractivity contribution in [1.29, 1.82) is 0 Å². The van der Waals surface area contributed by atoms with Crippen molar-refractivity contribution >= 4 is 0 Å². The first-order valence-corrected chi connectivity index (χ1v) is 4.63.